The first-order valence-electron chi connectivity index (χ1n) is 7.64. The topological polar surface area (TPSA) is 34.9 Å². The van der Waals surface area contributed by atoms with E-state index >= 15 is 0 Å². The molecule has 120 valence electrons. The first-order valence-corrected chi connectivity index (χ1v) is 7.64. The molecule has 24 heavy (non-hydrogen) atoms. The second-order valence-electron chi connectivity index (χ2n) is 5.64. The molecule has 3 nitrogen and oxygen atoms in total. The van der Waals surface area contributed by atoms with Gasteiger partial charge in [0.2, 0.25) is 0 Å². The van der Waals surface area contributed by atoms with Crippen molar-refractivity contribution in [1.82, 2.24) is 9.78 Å². The van der Waals surface area contributed by atoms with E-state index in [1.54, 1.807) is 35.2 Å². The Kier molecular flexibility index (Phi) is 4.38. The summed E-state index contributed by atoms with van der Waals surface area (Å²) in [5.74, 6) is -0.415. The van der Waals surface area contributed by atoms with Crippen LogP contribution in [-0.2, 0) is 0 Å². The van der Waals surface area contributed by atoms with Gasteiger partial charge in [0.05, 0.1) is 23.1 Å². The number of aromatic nitrogens is 2. The van der Waals surface area contributed by atoms with E-state index in [2.05, 4.69) is 5.10 Å². The SMILES string of the molecule is Cc1ccc(C=CC(=O)c2cnn(-c3ccc(F)cc3)c2C)cc1. The van der Waals surface area contributed by atoms with Crippen molar-refractivity contribution in [2.24, 2.45) is 0 Å². The van der Waals surface area contributed by atoms with Gasteiger partial charge in [-0.05, 0) is 49.8 Å². The highest BCUT2D eigenvalue weighted by molar-refractivity contribution is 6.07. The molecule has 0 aliphatic carbocycles. The minimum atomic E-state index is -0.305. The van der Waals surface area contributed by atoms with Gasteiger partial charge < -0.3 is 0 Å². The molecule has 0 saturated heterocycles. The number of ketones is 1. The largest absolute Gasteiger partial charge is 0.289 e. The summed E-state index contributed by atoms with van der Waals surface area (Å²) in [6.45, 7) is 3.84. The molecule has 0 radical (unpaired) electrons. The van der Waals surface area contributed by atoms with Gasteiger partial charge >= 0.3 is 0 Å². The van der Waals surface area contributed by atoms with Crippen molar-refractivity contribution in [3.8, 4) is 5.69 Å². The molecule has 3 rings (SSSR count). The van der Waals surface area contributed by atoms with E-state index < -0.39 is 0 Å². The number of carbonyl (C=O) groups excluding carboxylic acids is 1. The summed E-state index contributed by atoms with van der Waals surface area (Å²) in [4.78, 5) is 12.4. The highest BCUT2D eigenvalue weighted by Gasteiger charge is 2.13. The number of rotatable bonds is 4. The van der Waals surface area contributed by atoms with Crippen LogP contribution >= 0.6 is 0 Å². The zero-order chi connectivity index (χ0) is 17.1. The van der Waals surface area contributed by atoms with Gasteiger partial charge in [-0.1, -0.05) is 35.9 Å². The molecule has 0 saturated carbocycles. The van der Waals surface area contributed by atoms with Crippen molar-refractivity contribution < 1.29 is 9.18 Å². The Morgan fingerprint density at radius 3 is 2.38 bits per heavy atom. The van der Waals surface area contributed by atoms with Gasteiger partial charge in [0.15, 0.2) is 5.78 Å². The first kappa shape index (κ1) is 15.9. The van der Waals surface area contributed by atoms with Crippen molar-refractivity contribution in [2.75, 3.05) is 0 Å². The summed E-state index contributed by atoms with van der Waals surface area (Å²) < 4.78 is 14.7. The lowest BCUT2D eigenvalue weighted by molar-refractivity contribution is 0.104. The van der Waals surface area contributed by atoms with Gasteiger partial charge in [-0.15, -0.1) is 0 Å². The molecule has 0 fully saturated rings. The number of halogens is 1. The third-order valence-corrected chi connectivity index (χ3v) is 3.85. The van der Waals surface area contributed by atoms with Gasteiger partial charge in [-0.25, -0.2) is 9.07 Å². The van der Waals surface area contributed by atoms with Crippen LogP contribution in [0, 0.1) is 19.7 Å². The van der Waals surface area contributed by atoms with E-state index in [4.69, 9.17) is 0 Å². The Balaban J connectivity index is 1.83. The van der Waals surface area contributed by atoms with Crippen LogP contribution in [0.1, 0.15) is 27.2 Å². The van der Waals surface area contributed by atoms with Crippen LogP contribution in [0.25, 0.3) is 11.8 Å². The average Bonchev–Trinajstić information content (AvgIpc) is 2.96. The molecular weight excluding hydrogens is 303 g/mol. The number of carbonyl (C=O) groups is 1. The molecule has 2 aromatic carbocycles. The molecule has 0 bridgehead atoms. The molecule has 0 spiro atoms. The number of hydrogen-bond donors (Lipinski definition) is 0. The van der Waals surface area contributed by atoms with Gasteiger partial charge in [0.25, 0.3) is 0 Å². The fourth-order valence-electron chi connectivity index (χ4n) is 2.43. The third-order valence-electron chi connectivity index (χ3n) is 3.85. The zero-order valence-corrected chi connectivity index (χ0v) is 13.5. The average molecular weight is 320 g/mol. The monoisotopic (exact) mass is 320 g/mol. The van der Waals surface area contributed by atoms with E-state index in [1.165, 1.54) is 17.7 Å². The van der Waals surface area contributed by atoms with Crippen molar-refractivity contribution in [3.63, 3.8) is 0 Å². The number of hydrogen-bond acceptors (Lipinski definition) is 2. The molecule has 1 aromatic heterocycles. The van der Waals surface area contributed by atoms with E-state index in [-0.39, 0.29) is 11.6 Å². The van der Waals surface area contributed by atoms with Crippen LogP contribution < -0.4 is 0 Å². The highest BCUT2D eigenvalue weighted by Crippen LogP contribution is 2.16. The van der Waals surface area contributed by atoms with E-state index in [0.29, 0.717) is 5.56 Å². The van der Waals surface area contributed by atoms with Gasteiger partial charge in [-0.3, -0.25) is 4.79 Å². The summed E-state index contributed by atoms with van der Waals surface area (Å²) in [6.07, 6.45) is 4.88. The fourth-order valence-corrected chi connectivity index (χ4v) is 2.43. The Labute approximate surface area is 140 Å². The molecule has 0 amide bonds. The molecule has 0 aliphatic heterocycles. The quantitative estimate of drug-likeness (QED) is 0.523. The molecule has 3 aromatic rings. The summed E-state index contributed by atoms with van der Waals surface area (Å²) in [5, 5.41) is 4.24. The predicted octanol–water partition coefficient (Wildman–Crippen LogP) is 4.52. The predicted molar refractivity (Wildman–Crippen MR) is 92.8 cm³/mol. The van der Waals surface area contributed by atoms with Crippen molar-refractivity contribution in [1.29, 1.82) is 0 Å². The Morgan fingerprint density at radius 2 is 1.71 bits per heavy atom. The Hall–Kier alpha value is -3.01. The smallest absolute Gasteiger partial charge is 0.189 e. The van der Waals surface area contributed by atoms with Crippen LogP contribution in [0.4, 0.5) is 4.39 Å². The number of benzene rings is 2. The van der Waals surface area contributed by atoms with E-state index in [9.17, 15) is 9.18 Å². The Morgan fingerprint density at radius 1 is 1.04 bits per heavy atom. The normalized spacial score (nSPS) is 11.1. The highest BCUT2D eigenvalue weighted by atomic mass is 19.1. The molecule has 4 heteroatoms. The summed E-state index contributed by atoms with van der Waals surface area (Å²) >= 11 is 0. The van der Waals surface area contributed by atoms with Gasteiger partial charge in [0, 0.05) is 0 Å². The lowest BCUT2D eigenvalue weighted by Crippen LogP contribution is -2.01. The van der Waals surface area contributed by atoms with Gasteiger partial charge in [-0.2, -0.15) is 5.10 Å². The van der Waals surface area contributed by atoms with Gasteiger partial charge in [0.1, 0.15) is 5.82 Å². The second-order valence-corrected chi connectivity index (χ2v) is 5.64. The number of allylic oxidation sites excluding steroid dienone is 1. The molecule has 0 N–H and O–H groups in total. The molecule has 0 aliphatic rings. The molecule has 0 unspecified atom stereocenters. The molecule has 0 atom stereocenters. The van der Waals surface area contributed by atoms with E-state index in [0.717, 1.165) is 16.9 Å². The summed E-state index contributed by atoms with van der Waals surface area (Å²) in [5.41, 5.74) is 4.12. The maximum Gasteiger partial charge on any atom is 0.189 e. The summed E-state index contributed by atoms with van der Waals surface area (Å²) in [7, 11) is 0. The molecule has 1 heterocycles. The van der Waals surface area contributed by atoms with Crippen molar-refractivity contribution in [2.45, 2.75) is 13.8 Å². The Bertz CT molecular complexity index is 890. The third kappa shape index (κ3) is 3.33. The zero-order valence-electron chi connectivity index (χ0n) is 13.5. The lowest BCUT2D eigenvalue weighted by atomic mass is 10.1. The van der Waals surface area contributed by atoms with Crippen LogP contribution in [0.15, 0.2) is 60.8 Å². The standard InChI is InChI=1S/C20H17FN2O/c1-14-3-5-16(6-4-14)7-12-20(24)19-13-22-23(15(19)2)18-10-8-17(21)9-11-18/h3-13H,1-2H3. The molecular formula is C20H17FN2O. The van der Waals surface area contributed by atoms with Crippen LogP contribution in [0.3, 0.4) is 0 Å². The van der Waals surface area contributed by atoms with Crippen molar-refractivity contribution in [3.05, 3.63) is 89.0 Å². The first-order chi connectivity index (χ1) is 11.5. The maximum atomic E-state index is 13.0. The van der Waals surface area contributed by atoms with Crippen LogP contribution in [0.5, 0.6) is 0 Å². The maximum absolute atomic E-state index is 13.0. The lowest BCUT2D eigenvalue weighted by Gasteiger charge is -2.04. The number of aryl methyl sites for hydroxylation is 1. The summed E-state index contributed by atoms with van der Waals surface area (Å²) in [6, 6.07) is 13.9. The van der Waals surface area contributed by atoms with Crippen LogP contribution in [0.2, 0.25) is 0 Å². The minimum absolute atomic E-state index is 0.110. The van der Waals surface area contributed by atoms with Crippen molar-refractivity contribution >= 4 is 11.9 Å². The van der Waals surface area contributed by atoms with Crippen LogP contribution in [-0.4, -0.2) is 15.6 Å². The minimum Gasteiger partial charge on any atom is -0.289 e. The second kappa shape index (κ2) is 6.62. The number of nitrogens with zero attached hydrogens (tertiary/aromatic N) is 2. The van der Waals surface area contributed by atoms with E-state index in [1.807, 2.05) is 38.1 Å². The fraction of sp³-hybridized carbons (Fsp3) is 0.100.